The molecular weight excluding hydrogens is 324 g/mol. The largest absolute Gasteiger partial charge is 0.452 e. The lowest BCUT2D eigenvalue weighted by Gasteiger charge is -2.08. The number of benzene rings is 3. The Kier molecular flexibility index (Phi) is 2.46. The highest BCUT2D eigenvalue weighted by Gasteiger charge is 2.18. The minimum atomic E-state index is -0.0795. The summed E-state index contributed by atoms with van der Waals surface area (Å²) in [6.07, 6.45) is 0. The normalized spacial score (nSPS) is 12.0. The van der Waals surface area contributed by atoms with Gasteiger partial charge in [-0.3, -0.25) is 9.20 Å². The predicted molar refractivity (Wildman–Crippen MR) is 104 cm³/mol. The average molecular weight is 336 g/mol. The molecule has 0 spiro atoms. The summed E-state index contributed by atoms with van der Waals surface area (Å²) in [5.41, 5.74) is 3.43. The van der Waals surface area contributed by atoms with Crippen LogP contribution in [0.5, 0.6) is 0 Å². The fourth-order valence-electron chi connectivity index (χ4n) is 3.86. The lowest BCUT2D eigenvalue weighted by molar-refractivity contribution is 0.669. The quantitative estimate of drug-likeness (QED) is 0.293. The highest BCUT2D eigenvalue weighted by atomic mass is 16.3. The van der Waals surface area contributed by atoms with Gasteiger partial charge >= 0.3 is 0 Å². The van der Waals surface area contributed by atoms with Crippen LogP contribution >= 0.6 is 0 Å². The molecule has 0 radical (unpaired) electrons. The van der Waals surface area contributed by atoms with Crippen LogP contribution in [0, 0.1) is 0 Å². The Morgan fingerprint density at radius 1 is 0.769 bits per heavy atom. The average Bonchev–Trinajstić information content (AvgIpc) is 3.08. The van der Waals surface area contributed by atoms with Crippen molar-refractivity contribution in [3.05, 3.63) is 83.2 Å². The predicted octanol–water partition coefficient (Wildman–Crippen LogP) is 4.90. The van der Waals surface area contributed by atoms with Crippen molar-refractivity contribution in [2.75, 3.05) is 0 Å². The van der Waals surface area contributed by atoms with E-state index in [1.54, 1.807) is 4.40 Å². The van der Waals surface area contributed by atoms with Crippen LogP contribution in [-0.4, -0.2) is 9.38 Å². The van der Waals surface area contributed by atoms with Gasteiger partial charge in [-0.15, -0.1) is 0 Å². The van der Waals surface area contributed by atoms with Crippen LogP contribution in [-0.2, 0) is 0 Å². The van der Waals surface area contributed by atoms with Gasteiger partial charge in [0.15, 0.2) is 11.2 Å². The number of nitrogens with zero attached hydrogens (tertiary/aromatic N) is 2. The van der Waals surface area contributed by atoms with E-state index < -0.39 is 0 Å². The monoisotopic (exact) mass is 336 g/mol. The number of furan rings is 1. The molecule has 0 aliphatic rings. The maximum absolute atomic E-state index is 13.2. The van der Waals surface area contributed by atoms with E-state index in [2.05, 4.69) is 0 Å². The standard InChI is InChI=1S/C22H12N2O2/c25-22-13-7-1-4-10-16(13)23-21-20-19(15-9-3-6-12-18(15)26-20)14-8-2-5-11-17(14)24(21)22/h1-12H. The van der Waals surface area contributed by atoms with Crippen LogP contribution < -0.4 is 5.56 Å². The van der Waals surface area contributed by atoms with Gasteiger partial charge in [-0.05, 0) is 24.3 Å². The molecule has 3 aromatic carbocycles. The number of hydrogen-bond acceptors (Lipinski definition) is 3. The minimum Gasteiger partial charge on any atom is -0.452 e. The van der Waals surface area contributed by atoms with E-state index >= 15 is 0 Å². The van der Waals surface area contributed by atoms with Crippen molar-refractivity contribution in [1.29, 1.82) is 0 Å². The number of pyridine rings is 1. The number of para-hydroxylation sites is 3. The Hall–Kier alpha value is -3.66. The summed E-state index contributed by atoms with van der Waals surface area (Å²) in [4.78, 5) is 18.0. The summed E-state index contributed by atoms with van der Waals surface area (Å²) in [5, 5.41) is 3.62. The molecule has 122 valence electrons. The Bertz CT molecular complexity index is 1560. The lowest BCUT2D eigenvalue weighted by Crippen LogP contribution is -2.16. The van der Waals surface area contributed by atoms with E-state index in [1.165, 1.54) is 0 Å². The minimum absolute atomic E-state index is 0.0795. The number of aromatic nitrogens is 2. The highest BCUT2D eigenvalue weighted by Crippen LogP contribution is 2.36. The molecule has 0 fully saturated rings. The summed E-state index contributed by atoms with van der Waals surface area (Å²) < 4.78 is 7.82. The molecule has 4 nitrogen and oxygen atoms in total. The first-order chi connectivity index (χ1) is 12.8. The zero-order valence-electron chi connectivity index (χ0n) is 13.6. The number of rotatable bonds is 0. The van der Waals surface area contributed by atoms with Crippen molar-refractivity contribution >= 4 is 49.4 Å². The molecule has 0 aliphatic carbocycles. The van der Waals surface area contributed by atoms with Crippen LogP contribution in [0.1, 0.15) is 0 Å². The van der Waals surface area contributed by atoms with Crippen molar-refractivity contribution in [3.8, 4) is 0 Å². The molecular formula is C22H12N2O2. The molecule has 0 N–H and O–H groups in total. The Morgan fingerprint density at radius 3 is 2.35 bits per heavy atom. The molecule has 26 heavy (non-hydrogen) atoms. The van der Waals surface area contributed by atoms with E-state index in [1.807, 2.05) is 72.8 Å². The van der Waals surface area contributed by atoms with Crippen LogP contribution in [0.2, 0.25) is 0 Å². The van der Waals surface area contributed by atoms with Gasteiger partial charge in [0, 0.05) is 16.2 Å². The van der Waals surface area contributed by atoms with Gasteiger partial charge in [0.2, 0.25) is 0 Å². The smallest absolute Gasteiger partial charge is 0.266 e. The van der Waals surface area contributed by atoms with Gasteiger partial charge in [-0.1, -0.05) is 48.5 Å². The molecule has 0 atom stereocenters. The van der Waals surface area contributed by atoms with Crippen molar-refractivity contribution in [2.45, 2.75) is 0 Å². The Morgan fingerprint density at radius 2 is 1.46 bits per heavy atom. The summed E-state index contributed by atoms with van der Waals surface area (Å²) in [7, 11) is 0. The van der Waals surface area contributed by atoms with Gasteiger partial charge < -0.3 is 4.42 Å². The Labute approximate surface area is 146 Å². The first-order valence-electron chi connectivity index (χ1n) is 8.46. The fraction of sp³-hybridized carbons (Fsp3) is 0. The van der Waals surface area contributed by atoms with E-state index in [0.29, 0.717) is 22.1 Å². The molecule has 0 saturated heterocycles. The second-order valence-electron chi connectivity index (χ2n) is 6.41. The molecule has 3 heterocycles. The summed E-state index contributed by atoms with van der Waals surface area (Å²) in [6, 6.07) is 23.3. The first-order valence-corrected chi connectivity index (χ1v) is 8.46. The molecule has 4 heteroatoms. The zero-order chi connectivity index (χ0) is 17.3. The van der Waals surface area contributed by atoms with Crippen LogP contribution in [0.15, 0.2) is 82.0 Å². The lowest BCUT2D eigenvalue weighted by atomic mass is 10.1. The third-order valence-corrected chi connectivity index (χ3v) is 4.99. The van der Waals surface area contributed by atoms with Crippen LogP contribution in [0.4, 0.5) is 0 Å². The zero-order valence-corrected chi connectivity index (χ0v) is 13.6. The van der Waals surface area contributed by atoms with E-state index in [-0.39, 0.29) is 5.56 Å². The Balaban J connectivity index is 2.07. The maximum atomic E-state index is 13.2. The molecule has 0 unspecified atom stereocenters. The second kappa shape index (κ2) is 4.70. The topological polar surface area (TPSA) is 47.5 Å². The van der Waals surface area contributed by atoms with E-state index in [0.717, 1.165) is 27.3 Å². The number of hydrogen-bond donors (Lipinski definition) is 0. The summed E-state index contributed by atoms with van der Waals surface area (Å²) in [5.74, 6) is 0. The van der Waals surface area contributed by atoms with Gasteiger partial charge in [-0.2, -0.15) is 0 Å². The third-order valence-electron chi connectivity index (χ3n) is 4.99. The molecule has 0 aliphatic heterocycles. The second-order valence-corrected chi connectivity index (χ2v) is 6.41. The molecule has 0 bridgehead atoms. The van der Waals surface area contributed by atoms with Crippen molar-refractivity contribution in [2.24, 2.45) is 0 Å². The molecule has 6 aromatic rings. The fourth-order valence-corrected chi connectivity index (χ4v) is 3.86. The molecule has 0 saturated carbocycles. The molecule has 3 aromatic heterocycles. The highest BCUT2D eigenvalue weighted by molar-refractivity contribution is 6.21. The van der Waals surface area contributed by atoms with Crippen molar-refractivity contribution in [1.82, 2.24) is 9.38 Å². The van der Waals surface area contributed by atoms with E-state index in [9.17, 15) is 4.79 Å². The van der Waals surface area contributed by atoms with E-state index in [4.69, 9.17) is 9.40 Å². The summed E-state index contributed by atoms with van der Waals surface area (Å²) >= 11 is 0. The molecule has 6 rings (SSSR count). The SMILES string of the molecule is O=c1c2ccccc2nc2c3oc4ccccc4c3c3ccccc3n12. The van der Waals surface area contributed by atoms with Crippen LogP contribution in [0.25, 0.3) is 49.4 Å². The first kappa shape index (κ1) is 13.6. The van der Waals surface area contributed by atoms with Crippen LogP contribution in [0.3, 0.4) is 0 Å². The van der Waals surface area contributed by atoms with Crippen molar-refractivity contribution in [3.63, 3.8) is 0 Å². The van der Waals surface area contributed by atoms with Gasteiger partial charge in [-0.25, -0.2) is 4.98 Å². The number of fused-ring (bicyclic) bond motifs is 9. The summed E-state index contributed by atoms with van der Waals surface area (Å²) in [6.45, 7) is 0. The third kappa shape index (κ3) is 1.58. The van der Waals surface area contributed by atoms with Gasteiger partial charge in [0.1, 0.15) is 5.58 Å². The van der Waals surface area contributed by atoms with Gasteiger partial charge in [0.25, 0.3) is 5.56 Å². The molecule has 0 amide bonds. The maximum Gasteiger partial charge on any atom is 0.266 e. The van der Waals surface area contributed by atoms with Gasteiger partial charge in [0.05, 0.1) is 16.4 Å². The van der Waals surface area contributed by atoms with Crippen molar-refractivity contribution < 1.29 is 4.42 Å².